The fourth-order valence-corrected chi connectivity index (χ4v) is 1.57. The van der Waals surface area contributed by atoms with E-state index >= 15 is 0 Å². The van der Waals surface area contributed by atoms with E-state index in [9.17, 15) is 4.79 Å². The number of hydrogen-bond donors (Lipinski definition) is 2. The van der Waals surface area contributed by atoms with Crippen LogP contribution < -0.4 is 10.6 Å². The lowest BCUT2D eigenvalue weighted by atomic mass is 10.1. The summed E-state index contributed by atoms with van der Waals surface area (Å²) in [5.41, 5.74) is 1.02. The van der Waals surface area contributed by atoms with Crippen molar-refractivity contribution < 1.29 is 4.79 Å². The molecule has 0 fully saturated rings. The molecule has 0 aromatic heterocycles. The molecule has 0 heterocycles. The topological polar surface area (TPSA) is 41.1 Å². The Balaban J connectivity index is 2.39. The Labute approximate surface area is 104 Å². The minimum absolute atomic E-state index is 0.0280. The Morgan fingerprint density at radius 1 is 1.24 bits per heavy atom. The number of hydrogen-bond acceptors (Lipinski definition) is 2. The normalized spacial score (nSPS) is 13.2. The molecular formula is C14H22N2O. The molecule has 1 rings (SSSR count). The molecule has 0 aliphatic carbocycles. The third-order valence-electron chi connectivity index (χ3n) is 2.38. The molecule has 1 amide bonds. The number of carbonyl (C=O) groups is 1. The van der Waals surface area contributed by atoms with E-state index in [-0.39, 0.29) is 17.5 Å². The van der Waals surface area contributed by atoms with Crippen LogP contribution in [-0.4, -0.2) is 18.0 Å². The first-order valence-corrected chi connectivity index (χ1v) is 5.98. The van der Waals surface area contributed by atoms with Crippen molar-refractivity contribution in [3.05, 3.63) is 35.9 Å². The third-order valence-corrected chi connectivity index (χ3v) is 2.38. The summed E-state index contributed by atoms with van der Waals surface area (Å²) in [6.45, 7) is 8.33. The van der Waals surface area contributed by atoms with Crippen molar-refractivity contribution in [1.29, 1.82) is 0 Å². The Kier molecular flexibility index (Phi) is 4.70. The van der Waals surface area contributed by atoms with Crippen molar-refractivity contribution in [2.24, 2.45) is 0 Å². The number of benzene rings is 1. The molecule has 3 nitrogen and oxygen atoms in total. The van der Waals surface area contributed by atoms with Gasteiger partial charge in [-0.3, -0.25) is 4.79 Å². The minimum Gasteiger partial charge on any atom is -0.350 e. The van der Waals surface area contributed by atoms with E-state index in [0.717, 1.165) is 0 Å². The summed E-state index contributed by atoms with van der Waals surface area (Å²) < 4.78 is 0. The van der Waals surface area contributed by atoms with Crippen molar-refractivity contribution >= 4 is 5.91 Å². The van der Waals surface area contributed by atoms with Gasteiger partial charge < -0.3 is 10.6 Å². The summed E-state index contributed by atoms with van der Waals surface area (Å²) >= 11 is 0. The molecule has 1 atom stereocenters. The van der Waals surface area contributed by atoms with Crippen LogP contribution in [0.25, 0.3) is 0 Å². The van der Waals surface area contributed by atoms with Crippen molar-refractivity contribution in [3.63, 3.8) is 0 Å². The van der Waals surface area contributed by atoms with Gasteiger partial charge in [-0.25, -0.2) is 0 Å². The summed E-state index contributed by atoms with van der Waals surface area (Å²) in [4.78, 5) is 11.6. The molecule has 94 valence electrons. The second kappa shape index (κ2) is 5.82. The van der Waals surface area contributed by atoms with E-state index in [1.165, 1.54) is 5.56 Å². The predicted molar refractivity (Wildman–Crippen MR) is 70.8 cm³/mol. The molecule has 0 aliphatic heterocycles. The van der Waals surface area contributed by atoms with Gasteiger partial charge in [-0.1, -0.05) is 30.3 Å². The summed E-state index contributed by atoms with van der Waals surface area (Å²) in [5.74, 6) is 0.0280. The first-order valence-electron chi connectivity index (χ1n) is 5.98. The van der Waals surface area contributed by atoms with Gasteiger partial charge in [-0.05, 0) is 33.3 Å². The van der Waals surface area contributed by atoms with E-state index in [4.69, 9.17) is 0 Å². The number of amides is 1. The molecule has 1 aromatic rings. The smallest absolute Gasteiger partial charge is 0.234 e. The highest BCUT2D eigenvalue weighted by molar-refractivity contribution is 5.78. The zero-order chi connectivity index (χ0) is 12.9. The zero-order valence-corrected chi connectivity index (χ0v) is 11.1. The molecule has 0 unspecified atom stereocenters. The molecule has 0 radical (unpaired) electrons. The van der Waals surface area contributed by atoms with Gasteiger partial charge in [0.05, 0.1) is 6.54 Å². The van der Waals surface area contributed by atoms with Gasteiger partial charge in [0.1, 0.15) is 0 Å². The van der Waals surface area contributed by atoms with Crippen molar-refractivity contribution in [3.8, 4) is 0 Å². The maximum absolute atomic E-state index is 11.6. The van der Waals surface area contributed by atoms with Crippen LogP contribution in [0.3, 0.4) is 0 Å². The fraction of sp³-hybridized carbons (Fsp3) is 0.500. The molecule has 3 heteroatoms. The molecule has 0 spiro atoms. The Morgan fingerprint density at radius 2 is 1.82 bits per heavy atom. The maximum atomic E-state index is 11.6. The monoisotopic (exact) mass is 234 g/mol. The summed E-state index contributed by atoms with van der Waals surface area (Å²) in [6, 6.07) is 10.3. The van der Waals surface area contributed by atoms with Crippen LogP contribution in [-0.2, 0) is 4.79 Å². The largest absolute Gasteiger partial charge is 0.350 e. The van der Waals surface area contributed by atoms with E-state index in [2.05, 4.69) is 29.7 Å². The highest BCUT2D eigenvalue weighted by Crippen LogP contribution is 2.10. The second-order valence-electron chi connectivity index (χ2n) is 5.31. The highest BCUT2D eigenvalue weighted by atomic mass is 16.2. The number of nitrogens with one attached hydrogen (secondary N) is 2. The lowest BCUT2D eigenvalue weighted by Gasteiger charge is -2.21. The Hall–Kier alpha value is -1.35. The summed E-state index contributed by atoms with van der Waals surface area (Å²) in [7, 11) is 0. The van der Waals surface area contributed by atoms with Gasteiger partial charge in [-0.2, -0.15) is 0 Å². The summed E-state index contributed by atoms with van der Waals surface area (Å²) in [5, 5.41) is 6.13. The third kappa shape index (κ3) is 5.50. The zero-order valence-electron chi connectivity index (χ0n) is 11.1. The van der Waals surface area contributed by atoms with Crippen LogP contribution in [0.5, 0.6) is 0 Å². The van der Waals surface area contributed by atoms with E-state index in [0.29, 0.717) is 6.54 Å². The molecule has 2 N–H and O–H groups in total. The van der Waals surface area contributed by atoms with Crippen molar-refractivity contribution in [2.75, 3.05) is 6.54 Å². The van der Waals surface area contributed by atoms with Gasteiger partial charge in [0.15, 0.2) is 0 Å². The molecule has 17 heavy (non-hydrogen) atoms. The summed E-state index contributed by atoms with van der Waals surface area (Å²) in [6.07, 6.45) is 0. The van der Waals surface area contributed by atoms with Gasteiger partial charge in [0, 0.05) is 11.6 Å². The molecule has 0 saturated heterocycles. The van der Waals surface area contributed by atoms with Crippen LogP contribution in [0.2, 0.25) is 0 Å². The van der Waals surface area contributed by atoms with Crippen LogP contribution in [0.15, 0.2) is 30.3 Å². The molecular weight excluding hydrogens is 212 g/mol. The van der Waals surface area contributed by atoms with Crippen molar-refractivity contribution in [1.82, 2.24) is 10.6 Å². The van der Waals surface area contributed by atoms with Gasteiger partial charge in [0.25, 0.3) is 0 Å². The first kappa shape index (κ1) is 13.7. The predicted octanol–water partition coefficient (Wildman–Crippen LogP) is 2.25. The first-order chi connectivity index (χ1) is 7.88. The second-order valence-corrected chi connectivity index (χ2v) is 5.31. The van der Waals surface area contributed by atoms with E-state index < -0.39 is 0 Å². The maximum Gasteiger partial charge on any atom is 0.234 e. The van der Waals surface area contributed by atoms with Gasteiger partial charge in [-0.15, -0.1) is 0 Å². The standard InChI is InChI=1S/C14H22N2O/c1-11(12-8-6-5-7-9-12)15-10-13(17)16-14(2,3)4/h5-9,11,15H,10H2,1-4H3,(H,16,17)/t11-/m0/s1. The van der Waals surface area contributed by atoms with Crippen molar-refractivity contribution in [2.45, 2.75) is 39.3 Å². The Bertz CT molecular complexity index is 354. The highest BCUT2D eigenvalue weighted by Gasteiger charge is 2.14. The quantitative estimate of drug-likeness (QED) is 0.839. The van der Waals surface area contributed by atoms with E-state index in [1.54, 1.807) is 0 Å². The van der Waals surface area contributed by atoms with Crippen LogP contribution >= 0.6 is 0 Å². The number of carbonyl (C=O) groups excluding carboxylic acids is 1. The van der Waals surface area contributed by atoms with Crippen LogP contribution in [0.1, 0.15) is 39.3 Å². The van der Waals surface area contributed by atoms with E-state index in [1.807, 2.05) is 39.0 Å². The lowest BCUT2D eigenvalue weighted by Crippen LogP contribution is -2.45. The fourth-order valence-electron chi connectivity index (χ4n) is 1.57. The lowest BCUT2D eigenvalue weighted by molar-refractivity contribution is -0.121. The molecule has 0 aliphatic rings. The average molecular weight is 234 g/mol. The van der Waals surface area contributed by atoms with Gasteiger partial charge in [0.2, 0.25) is 5.91 Å². The van der Waals surface area contributed by atoms with Gasteiger partial charge >= 0.3 is 0 Å². The Morgan fingerprint density at radius 3 is 2.35 bits per heavy atom. The molecule has 1 aromatic carbocycles. The minimum atomic E-state index is -0.172. The molecule has 0 saturated carbocycles. The molecule has 0 bridgehead atoms. The number of rotatable bonds is 4. The average Bonchev–Trinajstić information content (AvgIpc) is 2.25. The SMILES string of the molecule is C[C@H](NCC(=O)NC(C)(C)C)c1ccccc1. The van der Waals surface area contributed by atoms with Crippen LogP contribution in [0.4, 0.5) is 0 Å². The van der Waals surface area contributed by atoms with Crippen LogP contribution in [0, 0.1) is 0 Å².